The van der Waals surface area contributed by atoms with E-state index in [1.54, 1.807) is 6.92 Å². The molecule has 2 aromatic carbocycles. The second-order valence-electron chi connectivity index (χ2n) is 8.18. The molecule has 0 atom stereocenters. The van der Waals surface area contributed by atoms with Gasteiger partial charge in [0.05, 0.1) is 28.9 Å². The summed E-state index contributed by atoms with van der Waals surface area (Å²) in [5, 5.41) is 4.24. The molecule has 2 heterocycles. The van der Waals surface area contributed by atoms with Gasteiger partial charge in [-0.2, -0.15) is 0 Å². The van der Waals surface area contributed by atoms with Crippen LogP contribution in [0.1, 0.15) is 57.0 Å². The van der Waals surface area contributed by atoms with Crippen molar-refractivity contribution in [3.63, 3.8) is 0 Å². The third-order valence-electron chi connectivity index (χ3n) is 5.84. The number of pyridine rings is 1. The van der Waals surface area contributed by atoms with E-state index in [0.29, 0.717) is 16.1 Å². The summed E-state index contributed by atoms with van der Waals surface area (Å²) in [6, 6.07) is 17.7. The second kappa shape index (κ2) is 10.2. The maximum absolute atomic E-state index is 13.5. The van der Waals surface area contributed by atoms with Crippen molar-refractivity contribution in [3.05, 3.63) is 81.7 Å². The molecule has 0 saturated heterocycles. The Morgan fingerprint density at radius 1 is 1.03 bits per heavy atom. The molecule has 0 radical (unpaired) electrons. The quantitative estimate of drug-likeness (QED) is 0.295. The minimum absolute atomic E-state index is 0.274. The number of esters is 1. The highest BCUT2D eigenvalue weighted by molar-refractivity contribution is 7.16. The van der Waals surface area contributed by atoms with Crippen LogP contribution < -0.4 is 5.32 Å². The highest BCUT2D eigenvalue weighted by atomic mass is 32.1. The summed E-state index contributed by atoms with van der Waals surface area (Å²) < 4.78 is 5.23. The zero-order valence-corrected chi connectivity index (χ0v) is 20.7. The van der Waals surface area contributed by atoms with Crippen LogP contribution in [0.5, 0.6) is 0 Å². The van der Waals surface area contributed by atoms with E-state index in [1.165, 1.54) is 16.9 Å². The monoisotopic (exact) mass is 472 g/mol. The number of benzene rings is 2. The number of carbonyl (C=O) groups is 2. The topological polar surface area (TPSA) is 68.3 Å². The zero-order chi connectivity index (χ0) is 24.2. The summed E-state index contributed by atoms with van der Waals surface area (Å²) in [7, 11) is 0. The predicted molar refractivity (Wildman–Crippen MR) is 139 cm³/mol. The fourth-order valence-corrected chi connectivity index (χ4v) is 5.02. The molecule has 34 heavy (non-hydrogen) atoms. The smallest absolute Gasteiger partial charge is 0.341 e. The van der Waals surface area contributed by atoms with Crippen LogP contribution in [0.4, 0.5) is 5.00 Å². The minimum atomic E-state index is -0.424. The Hall–Kier alpha value is -3.51. The lowest BCUT2D eigenvalue weighted by Crippen LogP contribution is -2.15. The van der Waals surface area contributed by atoms with Gasteiger partial charge in [-0.05, 0) is 50.5 Å². The van der Waals surface area contributed by atoms with Crippen molar-refractivity contribution in [3.8, 4) is 11.3 Å². The number of nitrogens with one attached hydrogen (secondary N) is 1. The summed E-state index contributed by atoms with van der Waals surface area (Å²) in [6.45, 7) is 8.00. The first-order valence-corrected chi connectivity index (χ1v) is 12.3. The first-order valence-electron chi connectivity index (χ1n) is 11.5. The fraction of sp³-hybridized carbons (Fsp3) is 0.250. The molecule has 4 aromatic rings. The van der Waals surface area contributed by atoms with Gasteiger partial charge in [-0.1, -0.05) is 55.8 Å². The Balaban J connectivity index is 1.75. The number of hydrogen-bond acceptors (Lipinski definition) is 5. The summed E-state index contributed by atoms with van der Waals surface area (Å²) in [5.41, 5.74) is 5.46. The molecular weight excluding hydrogens is 444 g/mol. The number of thiophene rings is 1. The molecule has 0 aliphatic heterocycles. The number of hydrogen-bond donors (Lipinski definition) is 1. The van der Waals surface area contributed by atoms with Crippen molar-refractivity contribution in [2.45, 2.75) is 40.5 Å². The predicted octanol–water partition coefficient (Wildman–Crippen LogP) is 6.96. The van der Waals surface area contributed by atoms with E-state index in [0.717, 1.165) is 45.4 Å². The molecule has 0 fully saturated rings. The number of anilines is 1. The lowest BCUT2D eigenvalue weighted by Gasteiger charge is -2.11. The molecule has 5 nitrogen and oxygen atoms in total. The molecule has 4 rings (SSSR count). The molecule has 1 N–H and O–H groups in total. The van der Waals surface area contributed by atoms with Crippen LogP contribution in [-0.4, -0.2) is 23.5 Å². The molecule has 0 unspecified atom stereocenters. The summed E-state index contributed by atoms with van der Waals surface area (Å²) in [6.07, 6.45) is 2.12. The van der Waals surface area contributed by atoms with Crippen molar-refractivity contribution in [1.29, 1.82) is 0 Å². The number of ether oxygens (including phenoxy) is 1. The molecule has 1 amide bonds. The van der Waals surface area contributed by atoms with E-state index >= 15 is 0 Å². The number of nitrogens with zero attached hydrogens (tertiary/aromatic N) is 1. The Morgan fingerprint density at radius 3 is 2.47 bits per heavy atom. The highest BCUT2D eigenvalue weighted by Crippen LogP contribution is 2.34. The molecule has 0 bridgehead atoms. The first kappa shape index (κ1) is 23.6. The highest BCUT2D eigenvalue weighted by Gasteiger charge is 2.23. The molecule has 6 heteroatoms. The summed E-state index contributed by atoms with van der Waals surface area (Å²) in [5.74, 6) is -0.707. The van der Waals surface area contributed by atoms with Crippen LogP contribution in [0.3, 0.4) is 0 Å². The molecule has 0 aliphatic rings. The van der Waals surface area contributed by atoms with Crippen LogP contribution in [0.2, 0.25) is 0 Å². The molecule has 2 aromatic heterocycles. The lowest BCUT2D eigenvalue weighted by molar-refractivity contribution is 0.0527. The molecule has 0 aliphatic carbocycles. The van der Waals surface area contributed by atoms with Gasteiger partial charge in [0, 0.05) is 15.8 Å². The van der Waals surface area contributed by atoms with Crippen molar-refractivity contribution in [2.24, 2.45) is 0 Å². The second-order valence-corrected chi connectivity index (χ2v) is 9.41. The van der Waals surface area contributed by atoms with Gasteiger partial charge in [0.15, 0.2) is 0 Å². The minimum Gasteiger partial charge on any atom is -0.462 e. The van der Waals surface area contributed by atoms with Gasteiger partial charge in [-0.25, -0.2) is 9.78 Å². The van der Waals surface area contributed by atoms with Crippen LogP contribution >= 0.6 is 11.3 Å². The number of fused-ring (bicyclic) bond motifs is 1. The van der Waals surface area contributed by atoms with Crippen LogP contribution in [-0.2, 0) is 11.2 Å². The number of rotatable bonds is 7. The van der Waals surface area contributed by atoms with Gasteiger partial charge in [-0.3, -0.25) is 4.79 Å². The van der Waals surface area contributed by atoms with Gasteiger partial charge in [0.2, 0.25) is 0 Å². The van der Waals surface area contributed by atoms with E-state index in [-0.39, 0.29) is 12.5 Å². The van der Waals surface area contributed by atoms with E-state index in [2.05, 4.69) is 36.5 Å². The number of amides is 1. The molecular formula is C28H28N2O3S. The van der Waals surface area contributed by atoms with Crippen LogP contribution in [0, 0.1) is 13.8 Å². The zero-order valence-electron chi connectivity index (χ0n) is 19.9. The average molecular weight is 473 g/mol. The maximum Gasteiger partial charge on any atom is 0.341 e. The van der Waals surface area contributed by atoms with Gasteiger partial charge in [0.1, 0.15) is 5.00 Å². The normalized spacial score (nSPS) is 10.9. The Bertz CT molecular complexity index is 1360. The van der Waals surface area contributed by atoms with Gasteiger partial charge >= 0.3 is 5.97 Å². The van der Waals surface area contributed by atoms with Gasteiger partial charge in [-0.15, -0.1) is 11.3 Å². The van der Waals surface area contributed by atoms with Crippen LogP contribution in [0.25, 0.3) is 22.2 Å². The average Bonchev–Trinajstić information content (AvgIpc) is 3.11. The van der Waals surface area contributed by atoms with Gasteiger partial charge in [0.25, 0.3) is 5.91 Å². The molecule has 0 spiro atoms. The maximum atomic E-state index is 13.5. The van der Waals surface area contributed by atoms with Crippen molar-refractivity contribution >= 4 is 39.1 Å². The van der Waals surface area contributed by atoms with E-state index < -0.39 is 5.97 Å². The third-order valence-corrected chi connectivity index (χ3v) is 6.96. The first-order chi connectivity index (χ1) is 16.4. The van der Waals surface area contributed by atoms with Crippen molar-refractivity contribution < 1.29 is 14.3 Å². The SMILES string of the molecule is CCCc1ccc(-c2cc(C(=O)Nc3sc(C)c(C)c3C(=O)OCC)c3ccccc3n2)cc1. The third kappa shape index (κ3) is 4.73. The Kier molecular flexibility index (Phi) is 7.08. The van der Waals surface area contributed by atoms with E-state index in [9.17, 15) is 9.59 Å². The van der Waals surface area contributed by atoms with E-state index in [1.807, 2.05) is 44.2 Å². The molecule has 174 valence electrons. The largest absolute Gasteiger partial charge is 0.462 e. The summed E-state index contributed by atoms with van der Waals surface area (Å²) in [4.78, 5) is 31.9. The number of aryl methyl sites for hydroxylation is 2. The van der Waals surface area contributed by atoms with E-state index in [4.69, 9.17) is 9.72 Å². The number of aromatic nitrogens is 1. The standard InChI is InChI=1S/C28H28N2O3S/c1-5-9-19-12-14-20(15-13-19)24-16-22(21-10-7-8-11-23(21)29-24)26(31)30-27-25(28(32)33-6-2)17(3)18(4)34-27/h7-8,10-16H,5-6,9H2,1-4H3,(H,30,31). The Labute approximate surface area is 203 Å². The number of para-hydroxylation sites is 1. The Morgan fingerprint density at radius 2 is 1.76 bits per heavy atom. The van der Waals surface area contributed by atoms with Crippen molar-refractivity contribution in [1.82, 2.24) is 4.98 Å². The lowest BCUT2D eigenvalue weighted by atomic mass is 10.0. The molecule has 0 saturated carbocycles. The van der Waals surface area contributed by atoms with Gasteiger partial charge < -0.3 is 10.1 Å². The summed E-state index contributed by atoms with van der Waals surface area (Å²) >= 11 is 1.38. The fourth-order valence-electron chi connectivity index (χ4n) is 3.98. The van der Waals surface area contributed by atoms with Crippen LogP contribution in [0.15, 0.2) is 54.6 Å². The number of carbonyl (C=O) groups excluding carboxylic acids is 2. The van der Waals surface area contributed by atoms with Crippen molar-refractivity contribution in [2.75, 3.05) is 11.9 Å².